The number of hydrogen-bond acceptors (Lipinski definition) is 3. The molecule has 0 spiro atoms. The Hall–Kier alpha value is -2.25. The number of aromatic nitrogens is 3. The predicted molar refractivity (Wildman–Crippen MR) is 64.1 cm³/mol. The topological polar surface area (TPSA) is 59.9 Å². The summed E-state index contributed by atoms with van der Waals surface area (Å²) < 4.78 is 44.7. The Morgan fingerprint density at radius 2 is 2.05 bits per heavy atom. The lowest BCUT2D eigenvalue weighted by Gasteiger charge is -2.09. The second kappa shape index (κ2) is 4.69. The number of ether oxygens (including phenoxy) is 1. The third kappa shape index (κ3) is 2.17. The van der Waals surface area contributed by atoms with Gasteiger partial charge in [0.2, 0.25) is 0 Å². The van der Waals surface area contributed by atoms with Gasteiger partial charge in [-0.2, -0.15) is 18.3 Å². The van der Waals surface area contributed by atoms with Gasteiger partial charge in [-0.05, 0) is 19.1 Å². The number of methoxy groups -OCH3 is 1. The summed E-state index contributed by atoms with van der Waals surface area (Å²) in [6, 6.07) is 2.84. The molecule has 0 amide bonds. The van der Waals surface area contributed by atoms with E-state index in [-0.39, 0.29) is 22.6 Å². The first kappa shape index (κ1) is 14.2. The smallest absolute Gasteiger partial charge is 0.435 e. The van der Waals surface area contributed by atoms with Crippen molar-refractivity contribution in [1.82, 2.24) is 14.8 Å². The zero-order chi connectivity index (χ0) is 15.1. The van der Waals surface area contributed by atoms with Crippen LogP contribution in [0, 0.1) is 6.92 Å². The summed E-state index contributed by atoms with van der Waals surface area (Å²) in [4.78, 5) is 11.5. The van der Waals surface area contributed by atoms with Crippen molar-refractivity contribution in [2.45, 2.75) is 13.1 Å². The Bertz CT molecular complexity index is 655. The van der Waals surface area contributed by atoms with Gasteiger partial charge < -0.3 is 9.30 Å². The molecule has 8 heteroatoms. The first-order valence-electron chi connectivity index (χ1n) is 5.64. The Labute approximate surface area is 112 Å². The van der Waals surface area contributed by atoms with Gasteiger partial charge in [0.05, 0.1) is 18.4 Å². The molecule has 0 saturated carbocycles. The normalized spacial score (nSPS) is 11.7. The third-order valence-electron chi connectivity index (χ3n) is 2.99. The molecule has 0 aliphatic rings. The van der Waals surface area contributed by atoms with Crippen LogP contribution in [0.5, 0.6) is 0 Å². The third-order valence-corrected chi connectivity index (χ3v) is 2.99. The quantitative estimate of drug-likeness (QED) is 0.863. The minimum Gasteiger partial charge on any atom is -0.464 e. The van der Waals surface area contributed by atoms with Crippen molar-refractivity contribution in [2.75, 3.05) is 7.11 Å². The number of nitrogens with zero attached hydrogens (tertiary/aromatic N) is 2. The number of esters is 1. The molecule has 0 atom stereocenters. The molecule has 0 radical (unpaired) electrons. The molecule has 0 fully saturated rings. The summed E-state index contributed by atoms with van der Waals surface area (Å²) in [6.07, 6.45) is -4.57. The highest BCUT2D eigenvalue weighted by molar-refractivity contribution is 5.89. The number of halogens is 3. The second-order valence-electron chi connectivity index (χ2n) is 4.22. The highest BCUT2D eigenvalue weighted by Crippen LogP contribution is 2.37. The van der Waals surface area contributed by atoms with Crippen molar-refractivity contribution in [2.24, 2.45) is 7.05 Å². The zero-order valence-corrected chi connectivity index (χ0v) is 11.0. The van der Waals surface area contributed by atoms with E-state index < -0.39 is 17.8 Å². The van der Waals surface area contributed by atoms with E-state index in [1.165, 1.54) is 37.8 Å². The number of aromatic amines is 1. The van der Waals surface area contributed by atoms with E-state index in [4.69, 9.17) is 0 Å². The summed E-state index contributed by atoms with van der Waals surface area (Å²) in [6.45, 7) is 1.49. The SMILES string of the molecule is COC(=O)c1ccc(-c2c(C(F)(F)F)n[nH]c2C)n1C. The van der Waals surface area contributed by atoms with Crippen LogP contribution in [0.15, 0.2) is 12.1 Å². The maximum atomic E-state index is 12.9. The van der Waals surface area contributed by atoms with Gasteiger partial charge in [-0.1, -0.05) is 0 Å². The average molecular weight is 287 g/mol. The molecule has 1 N–H and O–H groups in total. The van der Waals surface area contributed by atoms with Crippen LogP contribution < -0.4 is 0 Å². The standard InChI is InChI=1S/C12H12F3N3O2/c1-6-9(10(17-16-6)12(13,14)15)7-4-5-8(18(7)2)11(19)20-3/h4-5H,1-3H3,(H,16,17). The largest absolute Gasteiger partial charge is 0.464 e. The number of carbonyl (C=O) groups is 1. The Morgan fingerprint density at radius 1 is 1.40 bits per heavy atom. The molecule has 0 aliphatic heterocycles. The fraction of sp³-hybridized carbons (Fsp3) is 0.333. The number of nitrogens with one attached hydrogen (secondary N) is 1. The minimum absolute atomic E-state index is 0.0739. The number of carbonyl (C=O) groups excluding carboxylic acids is 1. The molecule has 20 heavy (non-hydrogen) atoms. The van der Waals surface area contributed by atoms with Crippen LogP contribution in [0.25, 0.3) is 11.3 Å². The fourth-order valence-electron chi connectivity index (χ4n) is 2.02. The maximum Gasteiger partial charge on any atom is 0.435 e. The van der Waals surface area contributed by atoms with Crippen LogP contribution in [0.3, 0.4) is 0 Å². The van der Waals surface area contributed by atoms with Gasteiger partial charge in [0, 0.05) is 12.7 Å². The van der Waals surface area contributed by atoms with Crippen molar-refractivity contribution in [3.05, 3.63) is 29.2 Å². The molecule has 2 heterocycles. The van der Waals surface area contributed by atoms with Crippen molar-refractivity contribution in [3.8, 4) is 11.3 Å². The molecule has 2 rings (SSSR count). The summed E-state index contributed by atoms with van der Waals surface area (Å²) >= 11 is 0. The number of alkyl halides is 3. The lowest BCUT2D eigenvalue weighted by atomic mass is 10.1. The van der Waals surface area contributed by atoms with E-state index in [0.29, 0.717) is 0 Å². The molecule has 5 nitrogen and oxygen atoms in total. The average Bonchev–Trinajstić information content (AvgIpc) is 2.91. The van der Waals surface area contributed by atoms with Crippen LogP contribution in [-0.2, 0) is 18.0 Å². The van der Waals surface area contributed by atoms with E-state index in [1.54, 1.807) is 0 Å². The minimum atomic E-state index is -4.57. The van der Waals surface area contributed by atoms with Crippen LogP contribution in [0.2, 0.25) is 0 Å². The number of aryl methyl sites for hydroxylation is 1. The van der Waals surface area contributed by atoms with Gasteiger partial charge in [-0.15, -0.1) is 0 Å². The van der Waals surface area contributed by atoms with Gasteiger partial charge in [0.15, 0.2) is 5.69 Å². The maximum absolute atomic E-state index is 12.9. The molecule has 2 aromatic heterocycles. The highest BCUT2D eigenvalue weighted by atomic mass is 19.4. The fourth-order valence-corrected chi connectivity index (χ4v) is 2.02. The first-order chi connectivity index (χ1) is 9.27. The van der Waals surface area contributed by atoms with Crippen LogP contribution in [-0.4, -0.2) is 27.8 Å². The molecule has 0 aromatic carbocycles. The van der Waals surface area contributed by atoms with E-state index in [0.717, 1.165) is 0 Å². The number of H-pyrrole nitrogens is 1. The lowest BCUT2D eigenvalue weighted by Crippen LogP contribution is -2.11. The van der Waals surface area contributed by atoms with Gasteiger partial charge in [-0.25, -0.2) is 4.79 Å². The van der Waals surface area contributed by atoms with E-state index in [1.807, 2.05) is 0 Å². The second-order valence-corrected chi connectivity index (χ2v) is 4.22. The Morgan fingerprint density at radius 3 is 2.60 bits per heavy atom. The van der Waals surface area contributed by atoms with Gasteiger partial charge in [0.1, 0.15) is 5.69 Å². The van der Waals surface area contributed by atoms with E-state index in [2.05, 4.69) is 14.9 Å². The summed E-state index contributed by atoms with van der Waals surface area (Å²) in [7, 11) is 2.70. The summed E-state index contributed by atoms with van der Waals surface area (Å²) in [5.74, 6) is -0.617. The number of rotatable bonds is 2. The van der Waals surface area contributed by atoms with Gasteiger partial charge >= 0.3 is 12.1 Å². The van der Waals surface area contributed by atoms with Crippen molar-refractivity contribution in [1.29, 1.82) is 0 Å². The van der Waals surface area contributed by atoms with Gasteiger partial charge in [-0.3, -0.25) is 5.10 Å². The van der Waals surface area contributed by atoms with Gasteiger partial charge in [0.25, 0.3) is 0 Å². The molecule has 0 bridgehead atoms. The van der Waals surface area contributed by atoms with Crippen LogP contribution in [0.1, 0.15) is 21.9 Å². The molecule has 108 valence electrons. The monoisotopic (exact) mass is 287 g/mol. The van der Waals surface area contributed by atoms with E-state index >= 15 is 0 Å². The molecule has 0 aliphatic carbocycles. The zero-order valence-electron chi connectivity index (χ0n) is 11.0. The molecular formula is C12H12F3N3O2. The van der Waals surface area contributed by atoms with Crippen molar-refractivity contribution >= 4 is 5.97 Å². The summed E-state index contributed by atoms with van der Waals surface area (Å²) in [5.41, 5.74) is -0.405. The lowest BCUT2D eigenvalue weighted by molar-refractivity contribution is -0.140. The molecule has 0 unspecified atom stereocenters. The predicted octanol–water partition coefficient (Wildman–Crippen LogP) is 2.53. The van der Waals surface area contributed by atoms with Crippen LogP contribution in [0.4, 0.5) is 13.2 Å². The van der Waals surface area contributed by atoms with Crippen molar-refractivity contribution in [3.63, 3.8) is 0 Å². The van der Waals surface area contributed by atoms with Crippen molar-refractivity contribution < 1.29 is 22.7 Å². The first-order valence-corrected chi connectivity index (χ1v) is 5.64. The van der Waals surface area contributed by atoms with E-state index in [9.17, 15) is 18.0 Å². The number of hydrogen-bond donors (Lipinski definition) is 1. The highest BCUT2D eigenvalue weighted by Gasteiger charge is 2.38. The molecule has 2 aromatic rings. The van der Waals surface area contributed by atoms with Crippen LogP contribution >= 0.6 is 0 Å². The summed E-state index contributed by atoms with van der Waals surface area (Å²) in [5, 5.41) is 5.62. The molecule has 0 saturated heterocycles. The molecular weight excluding hydrogens is 275 g/mol. The Balaban J connectivity index is 2.62. The Kier molecular flexibility index (Phi) is 3.33.